The Morgan fingerprint density at radius 1 is 0.765 bits per heavy atom. The minimum Gasteiger partial charge on any atom is -0.352 e. The lowest BCUT2D eigenvalue weighted by atomic mass is 10.2. The number of alkyl halides is 1. The molecular weight excluding hydrogens is 280 g/mol. The predicted octanol–water partition coefficient (Wildman–Crippen LogP) is 4.90. The molecule has 104 valence electrons. The Kier molecular flexibility index (Phi) is 14.8. The topological polar surface area (TPSA) is 18.5 Å². The summed E-state index contributed by atoms with van der Waals surface area (Å²) < 4.78 is 11.4. The van der Waals surface area contributed by atoms with E-state index in [2.05, 4.69) is 29.8 Å². The monoisotopic (exact) mass is 308 g/mol. The van der Waals surface area contributed by atoms with Crippen LogP contribution >= 0.6 is 15.9 Å². The van der Waals surface area contributed by atoms with Crippen molar-refractivity contribution in [2.75, 3.05) is 18.5 Å². The van der Waals surface area contributed by atoms with Gasteiger partial charge in [0.05, 0.1) is 5.33 Å². The van der Waals surface area contributed by atoms with Crippen molar-refractivity contribution >= 4 is 15.9 Å². The summed E-state index contributed by atoms with van der Waals surface area (Å²) in [5.74, 6) is 0. The van der Waals surface area contributed by atoms with E-state index in [-0.39, 0.29) is 6.29 Å². The third-order valence-electron chi connectivity index (χ3n) is 2.73. The van der Waals surface area contributed by atoms with Crippen LogP contribution < -0.4 is 0 Å². The first kappa shape index (κ1) is 17.4. The van der Waals surface area contributed by atoms with Gasteiger partial charge in [-0.05, 0) is 12.8 Å². The van der Waals surface area contributed by atoms with Gasteiger partial charge in [0, 0.05) is 13.2 Å². The molecule has 0 aromatic heterocycles. The highest BCUT2D eigenvalue weighted by atomic mass is 79.9. The lowest BCUT2D eigenvalue weighted by molar-refractivity contribution is -0.127. The fraction of sp³-hybridized carbons (Fsp3) is 1.00. The van der Waals surface area contributed by atoms with Gasteiger partial charge in [0.25, 0.3) is 0 Å². The Labute approximate surface area is 116 Å². The fourth-order valence-electron chi connectivity index (χ4n) is 1.62. The molecule has 0 bridgehead atoms. The number of halogens is 1. The molecule has 0 N–H and O–H groups in total. The Morgan fingerprint density at radius 2 is 1.24 bits per heavy atom. The third-order valence-corrected chi connectivity index (χ3v) is 3.26. The predicted molar refractivity (Wildman–Crippen MR) is 77.8 cm³/mol. The summed E-state index contributed by atoms with van der Waals surface area (Å²) in [5, 5.41) is 0.772. The van der Waals surface area contributed by atoms with Gasteiger partial charge in [0.1, 0.15) is 0 Å². The van der Waals surface area contributed by atoms with Crippen LogP contribution in [0.2, 0.25) is 0 Å². The van der Waals surface area contributed by atoms with Crippen molar-refractivity contribution < 1.29 is 9.47 Å². The van der Waals surface area contributed by atoms with Crippen LogP contribution in [0.15, 0.2) is 0 Å². The largest absolute Gasteiger partial charge is 0.352 e. The van der Waals surface area contributed by atoms with Crippen molar-refractivity contribution in [1.29, 1.82) is 0 Å². The van der Waals surface area contributed by atoms with Gasteiger partial charge in [0.2, 0.25) is 0 Å². The molecule has 0 heterocycles. The molecule has 0 aliphatic carbocycles. The molecule has 0 aromatic carbocycles. The van der Waals surface area contributed by atoms with Gasteiger partial charge in [-0.15, -0.1) is 0 Å². The second kappa shape index (κ2) is 14.5. The van der Waals surface area contributed by atoms with Crippen LogP contribution in [-0.2, 0) is 9.47 Å². The summed E-state index contributed by atoms with van der Waals surface area (Å²) >= 11 is 3.43. The average molecular weight is 309 g/mol. The molecule has 0 fully saturated rings. The van der Waals surface area contributed by atoms with E-state index in [0.717, 1.165) is 31.4 Å². The summed E-state index contributed by atoms with van der Waals surface area (Å²) in [6.07, 6.45) is 9.93. The van der Waals surface area contributed by atoms with E-state index < -0.39 is 0 Å². The second-order valence-corrected chi connectivity index (χ2v) is 5.09. The first-order valence-electron chi connectivity index (χ1n) is 7.14. The number of rotatable bonds is 13. The van der Waals surface area contributed by atoms with Gasteiger partial charge in [-0.3, -0.25) is 0 Å². The molecule has 0 rings (SSSR count). The number of hydrogen-bond donors (Lipinski definition) is 0. The van der Waals surface area contributed by atoms with Crippen molar-refractivity contribution in [3.63, 3.8) is 0 Å². The molecule has 3 heteroatoms. The Balaban J connectivity index is 3.30. The smallest absolute Gasteiger partial charge is 0.167 e. The minimum atomic E-state index is -0.0572. The van der Waals surface area contributed by atoms with Crippen molar-refractivity contribution in [3.05, 3.63) is 0 Å². The van der Waals surface area contributed by atoms with Crippen LogP contribution in [0.25, 0.3) is 0 Å². The molecule has 0 unspecified atom stereocenters. The highest BCUT2D eigenvalue weighted by Gasteiger charge is 2.06. The number of hydrogen-bond acceptors (Lipinski definition) is 2. The maximum absolute atomic E-state index is 5.68. The van der Waals surface area contributed by atoms with Gasteiger partial charge >= 0.3 is 0 Å². The molecule has 0 radical (unpaired) electrons. The molecular formula is C14H29BrO2. The maximum atomic E-state index is 5.68. The highest BCUT2D eigenvalue weighted by molar-refractivity contribution is 9.09. The van der Waals surface area contributed by atoms with Crippen LogP contribution in [0.1, 0.15) is 65.2 Å². The Bertz CT molecular complexity index is 128. The van der Waals surface area contributed by atoms with Crippen molar-refractivity contribution in [3.8, 4) is 0 Å². The SMILES string of the molecule is CCCCCCOC(CBr)OCCCCCC. The number of ether oxygens (including phenoxy) is 2. The molecule has 0 amide bonds. The average Bonchev–Trinajstić information content (AvgIpc) is 2.36. The second-order valence-electron chi connectivity index (χ2n) is 4.45. The summed E-state index contributed by atoms with van der Waals surface area (Å²) in [7, 11) is 0. The maximum Gasteiger partial charge on any atom is 0.167 e. The summed E-state index contributed by atoms with van der Waals surface area (Å²) in [4.78, 5) is 0. The lowest BCUT2D eigenvalue weighted by Gasteiger charge is -2.16. The van der Waals surface area contributed by atoms with Gasteiger partial charge in [-0.2, -0.15) is 0 Å². The Hall–Kier alpha value is 0.400. The van der Waals surface area contributed by atoms with Crippen LogP contribution in [-0.4, -0.2) is 24.8 Å². The zero-order chi connectivity index (χ0) is 12.8. The molecule has 0 atom stereocenters. The van der Waals surface area contributed by atoms with E-state index in [1.54, 1.807) is 0 Å². The van der Waals surface area contributed by atoms with Gasteiger partial charge in [0.15, 0.2) is 6.29 Å². The molecule has 0 aliphatic rings. The summed E-state index contributed by atoms with van der Waals surface area (Å²) in [6.45, 7) is 6.10. The molecule has 0 saturated heterocycles. The van der Waals surface area contributed by atoms with Gasteiger partial charge in [-0.1, -0.05) is 68.3 Å². The third kappa shape index (κ3) is 12.6. The minimum absolute atomic E-state index is 0.0572. The standard InChI is InChI=1S/C14H29BrO2/c1-3-5-7-9-11-16-14(13-15)17-12-10-8-6-4-2/h14H,3-13H2,1-2H3. The van der Waals surface area contributed by atoms with E-state index in [1.165, 1.54) is 38.5 Å². The van der Waals surface area contributed by atoms with E-state index in [4.69, 9.17) is 9.47 Å². The van der Waals surface area contributed by atoms with Crippen LogP contribution in [0.5, 0.6) is 0 Å². The van der Waals surface area contributed by atoms with Crippen molar-refractivity contribution in [2.45, 2.75) is 71.5 Å². The molecule has 2 nitrogen and oxygen atoms in total. The fourth-order valence-corrected chi connectivity index (χ4v) is 2.00. The van der Waals surface area contributed by atoms with Crippen molar-refractivity contribution in [1.82, 2.24) is 0 Å². The Morgan fingerprint density at radius 3 is 1.59 bits per heavy atom. The van der Waals surface area contributed by atoms with E-state index >= 15 is 0 Å². The summed E-state index contributed by atoms with van der Waals surface area (Å²) in [6, 6.07) is 0. The van der Waals surface area contributed by atoms with Crippen LogP contribution in [0.3, 0.4) is 0 Å². The molecule has 0 saturated carbocycles. The molecule has 0 aromatic rings. The normalized spacial score (nSPS) is 11.3. The molecule has 17 heavy (non-hydrogen) atoms. The molecule has 0 aliphatic heterocycles. The van der Waals surface area contributed by atoms with Crippen molar-refractivity contribution in [2.24, 2.45) is 0 Å². The van der Waals surface area contributed by atoms with E-state index in [0.29, 0.717) is 0 Å². The molecule has 0 spiro atoms. The lowest BCUT2D eigenvalue weighted by Crippen LogP contribution is -2.20. The highest BCUT2D eigenvalue weighted by Crippen LogP contribution is 2.06. The van der Waals surface area contributed by atoms with Crippen LogP contribution in [0, 0.1) is 0 Å². The first-order chi connectivity index (χ1) is 8.35. The van der Waals surface area contributed by atoms with Gasteiger partial charge in [-0.25, -0.2) is 0 Å². The van der Waals surface area contributed by atoms with Gasteiger partial charge < -0.3 is 9.47 Å². The van der Waals surface area contributed by atoms with E-state index in [9.17, 15) is 0 Å². The first-order valence-corrected chi connectivity index (χ1v) is 8.26. The quantitative estimate of drug-likeness (QED) is 0.274. The zero-order valence-corrected chi connectivity index (χ0v) is 13.1. The number of unbranched alkanes of at least 4 members (excludes halogenated alkanes) is 6. The zero-order valence-electron chi connectivity index (χ0n) is 11.5. The summed E-state index contributed by atoms with van der Waals surface area (Å²) in [5.41, 5.74) is 0. The van der Waals surface area contributed by atoms with Crippen LogP contribution in [0.4, 0.5) is 0 Å². The van der Waals surface area contributed by atoms with E-state index in [1.807, 2.05) is 0 Å².